The molecule has 104 valence electrons. The van der Waals surface area contributed by atoms with Crippen LogP contribution in [0, 0.1) is 0 Å². The van der Waals surface area contributed by atoms with Crippen LogP contribution in [0.5, 0.6) is 0 Å². The Labute approximate surface area is 129 Å². The predicted molar refractivity (Wildman–Crippen MR) is 93.4 cm³/mol. The van der Waals surface area contributed by atoms with Crippen molar-refractivity contribution in [3.05, 3.63) is 72.8 Å². The average molecular weight is 293 g/mol. The summed E-state index contributed by atoms with van der Waals surface area (Å²) in [6.45, 7) is 0. The number of rotatable bonds is 3. The van der Waals surface area contributed by atoms with Crippen LogP contribution < -0.4 is 16.2 Å². The number of benzene rings is 3. The summed E-state index contributed by atoms with van der Waals surface area (Å²) in [6, 6.07) is 24.1. The first-order chi connectivity index (χ1) is 10.3. The smallest absolute Gasteiger partial charge is 0.189 e. The van der Waals surface area contributed by atoms with Gasteiger partial charge in [0.25, 0.3) is 0 Å². The van der Waals surface area contributed by atoms with Crippen molar-refractivity contribution in [1.29, 1.82) is 0 Å². The highest BCUT2D eigenvalue weighted by Gasteiger charge is 2.02. The Kier molecular flexibility index (Phi) is 3.98. The maximum absolute atomic E-state index is 5.31. The third-order valence-electron chi connectivity index (χ3n) is 3.13. The molecule has 0 saturated carbocycles. The van der Waals surface area contributed by atoms with Gasteiger partial charge in [-0.2, -0.15) is 0 Å². The lowest BCUT2D eigenvalue weighted by Gasteiger charge is -2.14. The molecular formula is C17H15N3S. The summed E-state index contributed by atoms with van der Waals surface area (Å²) in [5.74, 6) is 0. The standard InChI is InChI=1S/C17H15N3S/c21-17(20-19-14-9-2-1-3-10-14)18-16-12-6-8-13-7-4-5-11-15(13)16/h1-12,19H,(H2,18,20,21). The monoisotopic (exact) mass is 293 g/mol. The second-order valence-corrected chi connectivity index (χ2v) is 5.01. The first-order valence-corrected chi connectivity index (χ1v) is 7.09. The second kappa shape index (κ2) is 6.24. The highest BCUT2D eigenvalue weighted by atomic mass is 32.1. The molecule has 4 heteroatoms. The lowest BCUT2D eigenvalue weighted by atomic mass is 10.1. The minimum Gasteiger partial charge on any atom is -0.331 e. The number of nitrogens with one attached hydrogen (secondary N) is 3. The number of fused-ring (bicyclic) bond motifs is 1. The Balaban J connectivity index is 1.69. The van der Waals surface area contributed by atoms with E-state index in [1.165, 1.54) is 5.39 Å². The third-order valence-corrected chi connectivity index (χ3v) is 3.34. The summed E-state index contributed by atoms with van der Waals surface area (Å²) in [5, 5.41) is 6.06. The van der Waals surface area contributed by atoms with Gasteiger partial charge in [0.1, 0.15) is 0 Å². The van der Waals surface area contributed by atoms with E-state index in [0.717, 1.165) is 16.8 Å². The summed E-state index contributed by atoms with van der Waals surface area (Å²) in [6.07, 6.45) is 0. The van der Waals surface area contributed by atoms with Gasteiger partial charge < -0.3 is 5.32 Å². The Hall–Kier alpha value is -2.59. The van der Waals surface area contributed by atoms with Gasteiger partial charge >= 0.3 is 0 Å². The fourth-order valence-corrected chi connectivity index (χ4v) is 2.30. The molecule has 0 aliphatic carbocycles. The van der Waals surface area contributed by atoms with E-state index in [2.05, 4.69) is 34.4 Å². The molecule has 0 radical (unpaired) electrons. The third kappa shape index (κ3) is 3.30. The van der Waals surface area contributed by atoms with Crippen molar-refractivity contribution in [2.75, 3.05) is 10.7 Å². The van der Waals surface area contributed by atoms with Gasteiger partial charge in [-0.25, -0.2) is 0 Å². The van der Waals surface area contributed by atoms with Crippen LogP contribution in [0.3, 0.4) is 0 Å². The van der Waals surface area contributed by atoms with E-state index in [1.807, 2.05) is 54.6 Å². The van der Waals surface area contributed by atoms with Gasteiger partial charge in [0, 0.05) is 11.1 Å². The Morgan fingerprint density at radius 3 is 2.33 bits per heavy atom. The van der Waals surface area contributed by atoms with Crippen LogP contribution in [0.25, 0.3) is 10.8 Å². The summed E-state index contributed by atoms with van der Waals surface area (Å²) in [4.78, 5) is 0. The van der Waals surface area contributed by atoms with Crippen LogP contribution >= 0.6 is 12.2 Å². The van der Waals surface area contributed by atoms with E-state index >= 15 is 0 Å². The molecule has 0 spiro atoms. The van der Waals surface area contributed by atoms with Crippen molar-refractivity contribution in [1.82, 2.24) is 5.43 Å². The van der Waals surface area contributed by atoms with E-state index in [9.17, 15) is 0 Å². The van der Waals surface area contributed by atoms with Crippen molar-refractivity contribution >= 4 is 39.5 Å². The summed E-state index contributed by atoms with van der Waals surface area (Å²) in [7, 11) is 0. The average Bonchev–Trinajstić information content (AvgIpc) is 2.54. The summed E-state index contributed by atoms with van der Waals surface area (Å²) in [5.41, 5.74) is 7.99. The van der Waals surface area contributed by atoms with Crippen LogP contribution in [0.1, 0.15) is 0 Å². The molecule has 0 atom stereocenters. The number of anilines is 2. The summed E-state index contributed by atoms with van der Waals surface area (Å²) < 4.78 is 0. The molecule has 0 fully saturated rings. The lowest BCUT2D eigenvalue weighted by molar-refractivity contribution is 1.14. The predicted octanol–water partition coefficient (Wildman–Crippen LogP) is 4.15. The Morgan fingerprint density at radius 2 is 1.48 bits per heavy atom. The molecule has 0 saturated heterocycles. The molecule has 3 aromatic carbocycles. The Bertz CT molecular complexity index is 751. The molecule has 3 aromatic rings. The topological polar surface area (TPSA) is 36.1 Å². The first kappa shape index (κ1) is 13.4. The maximum Gasteiger partial charge on any atom is 0.189 e. The number of para-hydroxylation sites is 1. The van der Waals surface area contributed by atoms with Gasteiger partial charge in [0.15, 0.2) is 5.11 Å². The molecule has 3 nitrogen and oxygen atoms in total. The quantitative estimate of drug-likeness (QED) is 0.501. The van der Waals surface area contributed by atoms with Crippen molar-refractivity contribution < 1.29 is 0 Å². The maximum atomic E-state index is 5.31. The normalized spacial score (nSPS) is 10.1. The van der Waals surface area contributed by atoms with Crippen molar-refractivity contribution in [3.8, 4) is 0 Å². The minimum absolute atomic E-state index is 0.523. The first-order valence-electron chi connectivity index (χ1n) is 6.69. The van der Waals surface area contributed by atoms with Crippen LogP contribution in [0.4, 0.5) is 11.4 Å². The zero-order chi connectivity index (χ0) is 14.5. The van der Waals surface area contributed by atoms with Crippen LogP contribution in [0.15, 0.2) is 72.8 Å². The van der Waals surface area contributed by atoms with Gasteiger partial charge in [-0.1, -0.05) is 54.6 Å². The molecule has 3 rings (SSSR count). The van der Waals surface area contributed by atoms with Crippen molar-refractivity contribution in [3.63, 3.8) is 0 Å². The molecule has 0 aliphatic heterocycles. The van der Waals surface area contributed by atoms with Gasteiger partial charge in [-0.05, 0) is 35.8 Å². The fourth-order valence-electron chi connectivity index (χ4n) is 2.14. The zero-order valence-corrected chi connectivity index (χ0v) is 12.2. The van der Waals surface area contributed by atoms with E-state index in [1.54, 1.807) is 0 Å². The van der Waals surface area contributed by atoms with Gasteiger partial charge in [-0.3, -0.25) is 10.9 Å². The van der Waals surface area contributed by atoms with Gasteiger partial charge in [-0.15, -0.1) is 0 Å². The number of hydrazine groups is 1. The van der Waals surface area contributed by atoms with Crippen molar-refractivity contribution in [2.45, 2.75) is 0 Å². The zero-order valence-electron chi connectivity index (χ0n) is 11.3. The Morgan fingerprint density at radius 1 is 0.762 bits per heavy atom. The lowest BCUT2D eigenvalue weighted by Crippen LogP contribution is -2.33. The van der Waals surface area contributed by atoms with Crippen molar-refractivity contribution in [2.24, 2.45) is 0 Å². The van der Waals surface area contributed by atoms with Gasteiger partial charge in [0.2, 0.25) is 0 Å². The minimum atomic E-state index is 0.523. The largest absolute Gasteiger partial charge is 0.331 e. The van der Waals surface area contributed by atoms with E-state index < -0.39 is 0 Å². The second-order valence-electron chi connectivity index (χ2n) is 4.60. The highest BCUT2D eigenvalue weighted by Crippen LogP contribution is 2.22. The van der Waals surface area contributed by atoms with E-state index in [0.29, 0.717) is 5.11 Å². The van der Waals surface area contributed by atoms with E-state index in [-0.39, 0.29) is 0 Å². The molecule has 0 aliphatic rings. The molecule has 3 N–H and O–H groups in total. The molecule has 0 amide bonds. The SMILES string of the molecule is S=C(NNc1ccccc1)Nc1cccc2ccccc12. The van der Waals surface area contributed by atoms with Crippen LogP contribution in [-0.4, -0.2) is 5.11 Å². The molecule has 0 aromatic heterocycles. The van der Waals surface area contributed by atoms with Crippen LogP contribution in [-0.2, 0) is 0 Å². The molecule has 0 bridgehead atoms. The van der Waals surface area contributed by atoms with Crippen LogP contribution in [0.2, 0.25) is 0 Å². The molecule has 0 unspecified atom stereocenters. The number of hydrogen-bond donors (Lipinski definition) is 3. The van der Waals surface area contributed by atoms with Gasteiger partial charge in [0.05, 0.1) is 5.69 Å². The molecule has 0 heterocycles. The highest BCUT2D eigenvalue weighted by molar-refractivity contribution is 7.80. The molecular weight excluding hydrogens is 278 g/mol. The summed E-state index contributed by atoms with van der Waals surface area (Å²) >= 11 is 5.31. The van der Waals surface area contributed by atoms with E-state index in [4.69, 9.17) is 12.2 Å². The number of thiocarbonyl (C=S) groups is 1. The fraction of sp³-hybridized carbons (Fsp3) is 0. The number of hydrogen-bond acceptors (Lipinski definition) is 2. The molecule has 21 heavy (non-hydrogen) atoms.